The maximum atomic E-state index is 10.9. The first-order valence-electron chi connectivity index (χ1n) is 5.11. The average Bonchev–Trinajstić information content (AvgIpc) is 2.39. The van der Waals surface area contributed by atoms with Crippen LogP contribution in [0.15, 0.2) is 42.5 Å². The molecular formula is C15H10O2. The minimum Gasteiger partial charge on any atom is -0.507 e. The molecule has 0 unspecified atom stereocenters. The monoisotopic (exact) mass is 222 g/mol. The Kier molecular flexibility index (Phi) is 2.93. The fourth-order valence-electron chi connectivity index (χ4n) is 1.76. The van der Waals surface area contributed by atoms with Crippen LogP contribution in [-0.4, -0.2) is 11.4 Å². The van der Waals surface area contributed by atoms with Gasteiger partial charge in [-0.1, -0.05) is 36.3 Å². The van der Waals surface area contributed by atoms with Gasteiger partial charge in [0, 0.05) is 16.7 Å². The van der Waals surface area contributed by atoms with Crippen molar-refractivity contribution >= 4 is 6.29 Å². The van der Waals surface area contributed by atoms with E-state index in [9.17, 15) is 9.90 Å². The van der Waals surface area contributed by atoms with Crippen molar-refractivity contribution in [1.82, 2.24) is 0 Å². The molecule has 0 atom stereocenters. The molecule has 17 heavy (non-hydrogen) atoms. The van der Waals surface area contributed by atoms with Crippen LogP contribution in [0, 0.1) is 12.3 Å². The predicted molar refractivity (Wildman–Crippen MR) is 66.9 cm³/mol. The molecule has 2 rings (SSSR count). The van der Waals surface area contributed by atoms with Gasteiger partial charge < -0.3 is 5.11 Å². The third-order valence-corrected chi connectivity index (χ3v) is 2.55. The quantitative estimate of drug-likeness (QED) is 0.626. The van der Waals surface area contributed by atoms with Gasteiger partial charge in [-0.25, -0.2) is 0 Å². The summed E-state index contributed by atoms with van der Waals surface area (Å²) >= 11 is 0. The molecule has 0 aliphatic heterocycles. The number of phenolic OH excluding ortho intramolecular Hbond substituents is 1. The molecule has 2 aromatic rings. The van der Waals surface area contributed by atoms with Crippen LogP contribution in [0.1, 0.15) is 15.9 Å². The van der Waals surface area contributed by atoms with E-state index in [2.05, 4.69) is 5.92 Å². The number of hydrogen-bond donors (Lipinski definition) is 1. The molecule has 2 nitrogen and oxygen atoms in total. The van der Waals surface area contributed by atoms with Crippen molar-refractivity contribution < 1.29 is 9.90 Å². The van der Waals surface area contributed by atoms with Gasteiger partial charge in [0.05, 0.1) is 0 Å². The zero-order valence-corrected chi connectivity index (χ0v) is 9.05. The molecule has 0 saturated heterocycles. The molecule has 2 heteroatoms. The number of carbonyl (C=O) groups is 1. The maximum absolute atomic E-state index is 10.9. The molecule has 0 heterocycles. The van der Waals surface area contributed by atoms with E-state index >= 15 is 0 Å². The summed E-state index contributed by atoms with van der Waals surface area (Å²) < 4.78 is 0. The minimum absolute atomic E-state index is 0.0785. The van der Waals surface area contributed by atoms with E-state index in [1.807, 2.05) is 30.3 Å². The first-order chi connectivity index (χ1) is 8.27. The Hall–Kier alpha value is -2.53. The molecular weight excluding hydrogens is 212 g/mol. The first-order valence-corrected chi connectivity index (χ1v) is 5.11. The summed E-state index contributed by atoms with van der Waals surface area (Å²) in [5, 5.41) is 9.88. The Morgan fingerprint density at radius 3 is 2.41 bits per heavy atom. The predicted octanol–water partition coefficient (Wildman–Crippen LogP) is 2.85. The third kappa shape index (κ3) is 1.91. The number of carbonyl (C=O) groups excluding carboxylic acids is 1. The topological polar surface area (TPSA) is 37.3 Å². The molecule has 0 aromatic heterocycles. The molecule has 82 valence electrons. The summed E-state index contributed by atoms with van der Waals surface area (Å²) in [5.41, 5.74) is 2.15. The van der Waals surface area contributed by atoms with Gasteiger partial charge in [0.1, 0.15) is 5.75 Å². The second kappa shape index (κ2) is 4.54. The number of aldehydes is 1. The highest BCUT2D eigenvalue weighted by Crippen LogP contribution is 2.33. The smallest absolute Gasteiger partial charge is 0.151 e. The van der Waals surface area contributed by atoms with E-state index in [1.165, 1.54) is 12.1 Å². The summed E-state index contributed by atoms with van der Waals surface area (Å²) in [5.74, 6) is 2.54. The minimum atomic E-state index is 0.0785. The van der Waals surface area contributed by atoms with Gasteiger partial charge in [-0.05, 0) is 17.7 Å². The van der Waals surface area contributed by atoms with Gasteiger partial charge in [0.2, 0.25) is 0 Å². The number of benzene rings is 2. The van der Waals surface area contributed by atoms with Crippen LogP contribution in [-0.2, 0) is 0 Å². The first kappa shape index (κ1) is 11.0. The van der Waals surface area contributed by atoms with Crippen LogP contribution in [0.4, 0.5) is 0 Å². The van der Waals surface area contributed by atoms with Gasteiger partial charge in [-0.2, -0.15) is 0 Å². The van der Waals surface area contributed by atoms with Crippen LogP contribution in [0.2, 0.25) is 0 Å². The van der Waals surface area contributed by atoms with Gasteiger partial charge in [0.15, 0.2) is 6.29 Å². The van der Waals surface area contributed by atoms with Crippen molar-refractivity contribution in [3.05, 3.63) is 53.6 Å². The number of phenols is 1. The Morgan fingerprint density at radius 2 is 1.82 bits per heavy atom. The Bertz CT molecular complexity index is 592. The number of hydrogen-bond acceptors (Lipinski definition) is 2. The summed E-state index contributed by atoms with van der Waals surface area (Å²) in [6.07, 6.45) is 6.11. The highest BCUT2D eigenvalue weighted by Gasteiger charge is 2.12. The fourth-order valence-corrected chi connectivity index (χ4v) is 1.76. The normalized spacial score (nSPS) is 9.59. The average molecular weight is 222 g/mol. The van der Waals surface area contributed by atoms with E-state index in [4.69, 9.17) is 6.42 Å². The van der Waals surface area contributed by atoms with Crippen molar-refractivity contribution in [2.45, 2.75) is 0 Å². The lowest BCUT2D eigenvalue weighted by atomic mass is 9.95. The number of rotatable bonds is 2. The fraction of sp³-hybridized carbons (Fsp3) is 0. The van der Waals surface area contributed by atoms with Crippen LogP contribution in [0.5, 0.6) is 5.75 Å². The molecule has 0 fully saturated rings. The molecule has 0 spiro atoms. The zero-order chi connectivity index (χ0) is 12.3. The van der Waals surface area contributed by atoms with Crippen molar-refractivity contribution in [2.75, 3.05) is 0 Å². The maximum Gasteiger partial charge on any atom is 0.151 e. The third-order valence-electron chi connectivity index (χ3n) is 2.55. The number of aromatic hydroxyl groups is 1. The van der Waals surface area contributed by atoms with Crippen molar-refractivity contribution in [2.24, 2.45) is 0 Å². The number of terminal acetylenes is 1. The Morgan fingerprint density at radius 1 is 1.12 bits per heavy atom. The SMILES string of the molecule is C#Cc1c(C=O)ccc(O)c1-c1ccccc1. The highest BCUT2D eigenvalue weighted by molar-refractivity contribution is 5.88. The van der Waals surface area contributed by atoms with Crippen molar-refractivity contribution in [3.63, 3.8) is 0 Å². The Balaban J connectivity index is 2.77. The van der Waals surface area contributed by atoms with E-state index in [-0.39, 0.29) is 5.75 Å². The summed E-state index contributed by atoms with van der Waals surface area (Å²) in [6, 6.07) is 12.2. The molecule has 1 N–H and O–H groups in total. The second-order valence-corrected chi connectivity index (χ2v) is 3.55. The lowest BCUT2D eigenvalue weighted by Gasteiger charge is -2.09. The van der Waals surface area contributed by atoms with Crippen LogP contribution in [0.3, 0.4) is 0 Å². The van der Waals surface area contributed by atoms with Crippen LogP contribution in [0.25, 0.3) is 11.1 Å². The largest absolute Gasteiger partial charge is 0.507 e. The van der Waals surface area contributed by atoms with Gasteiger partial charge in [-0.3, -0.25) is 4.79 Å². The van der Waals surface area contributed by atoms with Crippen LogP contribution < -0.4 is 0 Å². The summed E-state index contributed by atoms with van der Waals surface area (Å²) in [4.78, 5) is 10.9. The Labute approximate surface area is 99.5 Å². The molecule has 0 aliphatic carbocycles. The lowest BCUT2D eigenvalue weighted by Crippen LogP contribution is -1.92. The summed E-state index contributed by atoms with van der Waals surface area (Å²) in [7, 11) is 0. The molecule has 0 aliphatic rings. The van der Waals surface area contributed by atoms with E-state index < -0.39 is 0 Å². The van der Waals surface area contributed by atoms with Crippen molar-refractivity contribution in [1.29, 1.82) is 0 Å². The zero-order valence-electron chi connectivity index (χ0n) is 9.05. The summed E-state index contributed by atoms with van der Waals surface area (Å²) in [6.45, 7) is 0. The standard InChI is InChI=1S/C15H10O2/c1-2-13-12(10-16)8-9-14(17)15(13)11-6-4-3-5-7-11/h1,3-10,17H. The van der Waals surface area contributed by atoms with E-state index in [1.54, 1.807) is 0 Å². The highest BCUT2D eigenvalue weighted by atomic mass is 16.3. The van der Waals surface area contributed by atoms with Gasteiger partial charge in [-0.15, -0.1) is 6.42 Å². The molecule has 0 radical (unpaired) electrons. The van der Waals surface area contributed by atoms with Gasteiger partial charge in [0.25, 0.3) is 0 Å². The van der Waals surface area contributed by atoms with Crippen molar-refractivity contribution in [3.8, 4) is 29.2 Å². The molecule has 0 bridgehead atoms. The lowest BCUT2D eigenvalue weighted by molar-refractivity contribution is 0.112. The molecule has 2 aromatic carbocycles. The van der Waals surface area contributed by atoms with Crippen LogP contribution >= 0.6 is 0 Å². The van der Waals surface area contributed by atoms with E-state index in [0.29, 0.717) is 23.0 Å². The van der Waals surface area contributed by atoms with Gasteiger partial charge >= 0.3 is 0 Å². The second-order valence-electron chi connectivity index (χ2n) is 3.55. The molecule has 0 amide bonds. The van der Waals surface area contributed by atoms with E-state index in [0.717, 1.165) is 5.56 Å². The molecule has 0 saturated carbocycles.